The summed E-state index contributed by atoms with van der Waals surface area (Å²) in [5, 5.41) is 4.07. The summed E-state index contributed by atoms with van der Waals surface area (Å²) in [6, 6.07) is 10.0. The number of benzene rings is 1. The van der Waals surface area contributed by atoms with Crippen LogP contribution >= 0.6 is 11.6 Å². The highest BCUT2D eigenvalue weighted by atomic mass is 35.5. The molecule has 0 bridgehead atoms. The standard InChI is InChI=1S/C17H11ClF3N5/c1-26-14(7-15(25-26)17(19,20)21)13-8-22-16-12(23-13)6-11(24-16)9-4-2-3-5-10(9)18/h2-8H,1H3,(H,22,24). The maximum absolute atomic E-state index is 12.8. The Hall–Kier alpha value is -2.87. The number of halogens is 4. The molecule has 9 heteroatoms. The van der Waals surface area contributed by atoms with Crippen molar-refractivity contribution in [1.82, 2.24) is 24.7 Å². The number of aryl methyl sites for hydroxylation is 1. The summed E-state index contributed by atoms with van der Waals surface area (Å²) < 4.78 is 39.7. The average molecular weight is 378 g/mol. The van der Waals surface area contributed by atoms with Gasteiger partial charge in [-0.3, -0.25) is 4.68 Å². The lowest BCUT2D eigenvalue weighted by Crippen LogP contribution is -2.06. The van der Waals surface area contributed by atoms with Crippen molar-refractivity contribution < 1.29 is 13.2 Å². The quantitative estimate of drug-likeness (QED) is 0.551. The highest BCUT2D eigenvalue weighted by Crippen LogP contribution is 2.32. The lowest BCUT2D eigenvalue weighted by molar-refractivity contribution is -0.141. The van der Waals surface area contributed by atoms with Crippen molar-refractivity contribution in [2.45, 2.75) is 6.18 Å². The van der Waals surface area contributed by atoms with Gasteiger partial charge in [-0.25, -0.2) is 9.97 Å². The first-order valence-electron chi connectivity index (χ1n) is 7.55. The largest absolute Gasteiger partial charge is 0.435 e. The van der Waals surface area contributed by atoms with E-state index in [4.69, 9.17) is 11.6 Å². The fraction of sp³-hybridized carbons (Fsp3) is 0.118. The number of aromatic nitrogens is 5. The van der Waals surface area contributed by atoms with Crippen LogP contribution in [0.25, 0.3) is 33.8 Å². The molecule has 0 saturated heterocycles. The molecule has 1 N–H and O–H groups in total. The first kappa shape index (κ1) is 16.6. The molecule has 1 aromatic carbocycles. The molecule has 0 saturated carbocycles. The van der Waals surface area contributed by atoms with Crippen LogP contribution in [0.15, 0.2) is 42.6 Å². The third kappa shape index (κ3) is 2.82. The SMILES string of the molecule is Cn1nc(C(F)(F)F)cc1-c1cnc2[nH]c(-c3ccccc3Cl)cc2n1. The van der Waals surface area contributed by atoms with Gasteiger partial charge < -0.3 is 4.98 Å². The molecule has 0 atom stereocenters. The number of alkyl halides is 3. The van der Waals surface area contributed by atoms with Crippen LogP contribution in [0.1, 0.15) is 5.69 Å². The van der Waals surface area contributed by atoms with Gasteiger partial charge in [-0.2, -0.15) is 18.3 Å². The molecule has 0 unspecified atom stereocenters. The number of nitrogens with one attached hydrogen (secondary N) is 1. The Bertz CT molecular complexity index is 1110. The van der Waals surface area contributed by atoms with Crippen molar-refractivity contribution in [3.05, 3.63) is 53.3 Å². The van der Waals surface area contributed by atoms with Gasteiger partial charge in [-0.05, 0) is 18.2 Å². The van der Waals surface area contributed by atoms with E-state index >= 15 is 0 Å². The monoisotopic (exact) mass is 377 g/mol. The zero-order valence-electron chi connectivity index (χ0n) is 13.3. The van der Waals surface area contributed by atoms with Gasteiger partial charge in [0.05, 0.1) is 17.6 Å². The Balaban J connectivity index is 1.80. The highest BCUT2D eigenvalue weighted by Gasteiger charge is 2.34. The maximum Gasteiger partial charge on any atom is 0.435 e. The fourth-order valence-electron chi connectivity index (χ4n) is 2.69. The van der Waals surface area contributed by atoms with Crippen molar-refractivity contribution >= 4 is 22.8 Å². The molecule has 26 heavy (non-hydrogen) atoms. The van der Waals surface area contributed by atoms with Crippen molar-refractivity contribution in [1.29, 1.82) is 0 Å². The summed E-state index contributed by atoms with van der Waals surface area (Å²) in [6.07, 6.45) is -3.11. The van der Waals surface area contributed by atoms with Crippen LogP contribution in [0.4, 0.5) is 13.2 Å². The molecule has 132 valence electrons. The summed E-state index contributed by atoms with van der Waals surface area (Å²) in [6.45, 7) is 0. The van der Waals surface area contributed by atoms with Gasteiger partial charge in [0.15, 0.2) is 11.3 Å². The molecule has 4 rings (SSSR count). The van der Waals surface area contributed by atoms with Gasteiger partial charge in [0.1, 0.15) is 11.2 Å². The minimum absolute atomic E-state index is 0.229. The van der Waals surface area contributed by atoms with E-state index in [1.807, 2.05) is 18.2 Å². The van der Waals surface area contributed by atoms with E-state index in [2.05, 4.69) is 20.1 Å². The first-order chi connectivity index (χ1) is 12.3. The van der Waals surface area contributed by atoms with Gasteiger partial charge in [0, 0.05) is 17.6 Å². The van der Waals surface area contributed by atoms with Gasteiger partial charge >= 0.3 is 6.18 Å². The number of aromatic amines is 1. The van der Waals surface area contributed by atoms with E-state index in [0.717, 1.165) is 22.0 Å². The Kier molecular flexibility index (Phi) is 3.73. The number of fused-ring (bicyclic) bond motifs is 1. The Morgan fingerprint density at radius 1 is 1.15 bits per heavy atom. The Morgan fingerprint density at radius 3 is 2.62 bits per heavy atom. The minimum Gasteiger partial charge on any atom is -0.338 e. The van der Waals surface area contributed by atoms with Crippen LogP contribution in [-0.2, 0) is 13.2 Å². The molecule has 0 aliphatic heterocycles. The molecule has 0 spiro atoms. The van der Waals surface area contributed by atoms with Gasteiger partial charge in [-0.15, -0.1) is 0 Å². The summed E-state index contributed by atoms with van der Waals surface area (Å²) in [5.41, 5.74) is 2.11. The van der Waals surface area contributed by atoms with E-state index in [9.17, 15) is 13.2 Å². The smallest absolute Gasteiger partial charge is 0.338 e. The second-order valence-electron chi connectivity index (χ2n) is 5.69. The first-order valence-corrected chi connectivity index (χ1v) is 7.93. The van der Waals surface area contributed by atoms with E-state index < -0.39 is 11.9 Å². The third-order valence-corrected chi connectivity index (χ3v) is 4.26. The van der Waals surface area contributed by atoms with Crippen LogP contribution in [-0.4, -0.2) is 24.7 Å². The van der Waals surface area contributed by atoms with Crippen molar-refractivity contribution in [3.8, 4) is 22.6 Å². The molecule has 5 nitrogen and oxygen atoms in total. The topological polar surface area (TPSA) is 59.4 Å². The predicted octanol–water partition coefficient (Wildman–Crippen LogP) is 4.70. The molecule has 3 heterocycles. The van der Waals surface area contributed by atoms with E-state index in [-0.39, 0.29) is 5.69 Å². The average Bonchev–Trinajstić information content (AvgIpc) is 3.17. The molecule has 0 fully saturated rings. The maximum atomic E-state index is 12.8. The number of rotatable bonds is 2. The highest BCUT2D eigenvalue weighted by molar-refractivity contribution is 6.33. The fourth-order valence-corrected chi connectivity index (χ4v) is 2.93. The van der Waals surface area contributed by atoms with Gasteiger partial charge in [0.25, 0.3) is 0 Å². The molecule has 0 aliphatic carbocycles. The van der Waals surface area contributed by atoms with Crippen molar-refractivity contribution in [3.63, 3.8) is 0 Å². The molecule has 4 aromatic rings. The van der Waals surface area contributed by atoms with Gasteiger partial charge in [-0.1, -0.05) is 29.8 Å². The third-order valence-electron chi connectivity index (χ3n) is 3.93. The van der Waals surface area contributed by atoms with Crippen LogP contribution in [0.3, 0.4) is 0 Å². The Morgan fingerprint density at radius 2 is 1.92 bits per heavy atom. The van der Waals surface area contributed by atoms with Crippen LogP contribution in [0.2, 0.25) is 5.02 Å². The number of hydrogen-bond acceptors (Lipinski definition) is 3. The molecule has 0 radical (unpaired) electrons. The van der Waals surface area contributed by atoms with Crippen LogP contribution in [0.5, 0.6) is 0 Å². The summed E-state index contributed by atoms with van der Waals surface area (Å²) in [4.78, 5) is 11.8. The lowest BCUT2D eigenvalue weighted by Gasteiger charge is -2.00. The summed E-state index contributed by atoms with van der Waals surface area (Å²) >= 11 is 6.20. The zero-order valence-corrected chi connectivity index (χ0v) is 14.1. The van der Waals surface area contributed by atoms with Crippen molar-refractivity contribution in [2.75, 3.05) is 0 Å². The second-order valence-corrected chi connectivity index (χ2v) is 6.10. The predicted molar refractivity (Wildman–Crippen MR) is 91.5 cm³/mol. The van der Waals surface area contributed by atoms with Crippen molar-refractivity contribution in [2.24, 2.45) is 7.05 Å². The van der Waals surface area contributed by atoms with Gasteiger partial charge in [0.2, 0.25) is 0 Å². The number of hydrogen-bond donors (Lipinski definition) is 1. The Labute approximate surface area is 150 Å². The number of nitrogens with zero attached hydrogens (tertiary/aromatic N) is 4. The minimum atomic E-state index is -4.52. The number of H-pyrrole nitrogens is 1. The second kappa shape index (κ2) is 5.84. The molecular weight excluding hydrogens is 367 g/mol. The van der Waals surface area contributed by atoms with E-state index in [0.29, 0.717) is 21.9 Å². The molecular formula is C17H11ClF3N5. The summed E-state index contributed by atoms with van der Waals surface area (Å²) in [7, 11) is 1.43. The lowest BCUT2D eigenvalue weighted by atomic mass is 10.1. The molecule has 0 amide bonds. The van der Waals surface area contributed by atoms with E-state index in [1.165, 1.54) is 13.2 Å². The normalized spacial score (nSPS) is 12.0. The molecule has 3 aromatic heterocycles. The van der Waals surface area contributed by atoms with Crippen LogP contribution in [0, 0.1) is 0 Å². The molecule has 0 aliphatic rings. The van der Waals surface area contributed by atoms with Crippen LogP contribution < -0.4 is 0 Å². The van der Waals surface area contributed by atoms with E-state index in [1.54, 1.807) is 12.1 Å². The zero-order chi connectivity index (χ0) is 18.5. The summed E-state index contributed by atoms with van der Waals surface area (Å²) in [5.74, 6) is 0.